The van der Waals surface area contributed by atoms with Crippen LogP contribution in [0.3, 0.4) is 0 Å². The molecule has 13 nitrogen and oxygen atoms in total. The molecule has 1 saturated carbocycles. The maximum atomic E-state index is 13.3. The van der Waals surface area contributed by atoms with Gasteiger partial charge in [0.05, 0.1) is 35.5 Å². The first-order valence-electron chi connectivity index (χ1n) is 13.5. The second-order valence-electron chi connectivity index (χ2n) is 9.94. The van der Waals surface area contributed by atoms with E-state index in [1.165, 1.54) is 24.5 Å². The van der Waals surface area contributed by atoms with Crippen LogP contribution in [0.4, 0.5) is 28.6 Å². The Bertz CT molecular complexity index is 1620. The van der Waals surface area contributed by atoms with Crippen molar-refractivity contribution in [3.05, 3.63) is 59.8 Å². The number of nitrogens with one attached hydrogen (secondary N) is 4. The number of amides is 3. The zero-order valence-electron chi connectivity index (χ0n) is 23.1. The van der Waals surface area contributed by atoms with Crippen LogP contribution in [-0.2, 0) is 14.8 Å². The number of nitrogens with zero attached hydrogens (tertiary/aromatic N) is 3. The Kier molecular flexibility index (Phi) is 8.24. The van der Waals surface area contributed by atoms with E-state index in [0.29, 0.717) is 30.0 Å². The Morgan fingerprint density at radius 1 is 0.952 bits per heavy atom. The number of carbonyl (C=O) groups excluding carboxylic acids is 3. The topological polar surface area (TPSA) is 172 Å². The van der Waals surface area contributed by atoms with E-state index in [1.54, 1.807) is 42.5 Å². The number of methoxy groups -OCH3 is 1. The first-order chi connectivity index (χ1) is 20.2. The van der Waals surface area contributed by atoms with Crippen molar-refractivity contribution in [3.8, 4) is 5.75 Å². The van der Waals surface area contributed by atoms with Gasteiger partial charge in [0.25, 0.3) is 11.8 Å². The number of carbonyl (C=O) groups is 3. The van der Waals surface area contributed by atoms with Crippen LogP contribution in [0.25, 0.3) is 0 Å². The number of para-hydroxylation sites is 1. The highest BCUT2D eigenvalue weighted by atomic mass is 32.2. The lowest BCUT2D eigenvalue weighted by atomic mass is 10.1. The molecule has 42 heavy (non-hydrogen) atoms. The van der Waals surface area contributed by atoms with E-state index in [1.807, 2.05) is 0 Å². The smallest absolute Gasteiger partial charge is 0.273 e. The minimum absolute atomic E-state index is 0.0189. The van der Waals surface area contributed by atoms with Crippen molar-refractivity contribution in [2.45, 2.75) is 25.7 Å². The van der Waals surface area contributed by atoms with Crippen molar-refractivity contribution in [1.29, 1.82) is 0 Å². The summed E-state index contributed by atoms with van der Waals surface area (Å²) in [5.41, 5.74) is 1.81. The Morgan fingerprint density at radius 2 is 1.71 bits per heavy atom. The first kappa shape index (κ1) is 28.8. The zero-order valence-corrected chi connectivity index (χ0v) is 24.0. The largest absolute Gasteiger partial charge is 0.494 e. The molecule has 0 atom stereocenters. The van der Waals surface area contributed by atoms with Gasteiger partial charge in [0.2, 0.25) is 15.9 Å². The lowest BCUT2D eigenvalue weighted by Crippen LogP contribution is -2.37. The molecule has 1 aromatic heterocycles. The van der Waals surface area contributed by atoms with Crippen LogP contribution in [0.1, 0.15) is 46.5 Å². The van der Waals surface area contributed by atoms with Crippen molar-refractivity contribution in [3.63, 3.8) is 0 Å². The van der Waals surface area contributed by atoms with E-state index in [-0.39, 0.29) is 46.1 Å². The van der Waals surface area contributed by atoms with Gasteiger partial charge in [-0.3, -0.25) is 18.7 Å². The van der Waals surface area contributed by atoms with Gasteiger partial charge in [-0.15, -0.1) is 10.2 Å². The van der Waals surface area contributed by atoms with Crippen molar-refractivity contribution in [2.24, 2.45) is 5.92 Å². The normalized spacial score (nSPS) is 15.8. The van der Waals surface area contributed by atoms with Crippen LogP contribution < -0.4 is 30.3 Å². The molecule has 4 N–H and O–H groups in total. The average Bonchev–Trinajstić information content (AvgIpc) is 3.83. The molecule has 2 aromatic carbocycles. The van der Waals surface area contributed by atoms with Crippen molar-refractivity contribution < 1.29 is 27.5 Å². The van der Waals surface area contributed by atoms with E-state index in [4.69, 9.17) is 4.74 Å². The standard InChI is InChI=1S/C28H31N7O6S/c1-29-28(38)24-22(16-23(33-34-24)32-26(36)17-8-9-17)31-21-7-5-6-20(25(21)41-2)27(37)30-18-10-12-19(13-11-18)35-14-3-4-15-42(35,39)40/h5-7,10-13,16-17H,3-4,8-9,14-15H2,1-2H3,(H,29,38)(H,30,37)(H2,31,32,33,36). The van der Waals surface area contributed by atoms with Gasteiger partial charge in [-0.25, -0.2) is 8.42 Å². The molecule has 0 unspecified atom stereocenters. The van der Waals surface area contributed by atoms with Gasteiger partial charge in [0.15, 0.2) is 17.3 Å². The van der Waals surface area contributed by atoms with Gasteiger partial charge in [-0.1, -0.05) is 6.07 Å². The monoisotopic (exact) mass is 593 g/mol. The van der Waals surface area contributed by atoms with E-state index in [2.05, 4.69) is 31.5 Å². The van der Waals surface area contributed by atoms with Gasteiger partial charge in [-0.2, -0.15) is 0 Å². The number of ether oxygens (including phenoxy) is 1. The summed E-state index contributed by atoms with van der Waals surface area (Å²) in [6, 6.07) is 13.0. The molecular formula is C28H31N7O6S. The molecule has 0 bridgehead atoms. The molecule has 0 spiro atoms. The van der Waals surface area contributed by atoms with Crippen LogP contribution in [0.5, 0.6) is 5.75 Å². The molecule has 5 rings (SSSR count). The molecule has 220 valence electrons. The number of anilines is 5. The Labute approximate surface area is 243 Å². The third-order valence-corrected chi connectivity index (χ3v) is 8.80. The van der Waals surface area contributed by atoms with Crippen molar-refractivity contribution in [1.82, 2.24) is 15.5 Å². The van der Waals surface area contributed by atoms with Gasteiger partial charge in [0.1, 0.15) is 0 Å². The van der Waals surface area contributed by atoms with Gasteiger partial charge in [0, 0.05) is 31.3 Å². The Hall–Kier alpha value is -4.72. The van der Waals surface area contributed by atoms with Gasteiger partial charge < -0.3 is 26.0 Å². The van der Waals surface area contributed by atoms with Crippen molar-refractivity contribution >= 4 is 56.3 Å². The molecule has 2 aliphatic rings. The minimum Gasteiger partial charge on any atom is -0.494 e. The molecule has 1 aliphatic carbocycles. The molecule has 14 heteroatoms. The highest BCUT2D eigenvalue weighted by Crippen LogP contribution is 2.34. The second-order valence-corrected chi connectivity index (χ2v) is 12.0. The SMILES string of the molecule is CNC(=O)c1nnc(NC(=O)C2CC2)cc1Nc1cccc(C(=O)Nc2ccc(N3CCCCS3(=O)=O)cc2)c1OC. The van der Waals surface area contributed by atoms with Crippen molar-refractivity contribution in [2.75, 3.05) is 46.7 Å². The number of rotatable bonds is 9. The maximum Gasteiger partial charge on any atom is 0.273 e. The molecule has 1 aliphatic heterocycles. The number of benzene rings is 2. The lowest BCUT2D eigenvalue weighted by Gasteiger charge is -2.28. The molecule has 3 aromatic rings. The van der Waals surface area contributed by atoms with E-state index >= 15 is 0 Å². The fraction of sp³-hybridized carbons (Fsp3) is 0.321. The van der Waals surface area contributed by atoms with E-state index < -0.39 is 21.8 Å². The number of hydrogen-bond donors (Lipinski definition) is 4. The quantitative estimate of drug-likeness (QED) is 0.291. The summed E-state index contributed by atoms with van der Waals surface area (Å²) in [6.45, 7) is 0.425. The van der Waals surface area contributed by atoms with Crippen LogP contribution in [0.2, 0.25) is 0 Å². The number of sulfonamides is 1. The fourth-order valence-corrected chi connectivity index (χ4v) is 6.22. The molecule has 0 radical (unpaired) electrons. The van der Waals surface area contributed by atoms with Crippen LogP contribution >= 0.6 is 0 Å². The molecular weight excluding hydrogens is 562 g/mol. The van der Waals surface area contributed by atoms with Gasteiger partial charge in [-0.05, 0) is 62.1 Å². The Balaban J connectivity index is 1.37. The lowest BCUT2D eigenvalue weighted by molar-refractivity contribution is -0.117. The minimum atomic E-state index is -3.35. The third-order valence-electron chi connectivity index (χ3n) is 6.93. The van der Waals surface area contributed by atoms with Crippen LogP contribution in [0.15, 0.2) is 48.5 Å². The summed E-state index contributed by atoms with van der Waals surface area (Å²) in [7, 11) is -0.475. The summed E-state index contributed by atoms with van der Waals surface area (Å²) >= 11 is 0. The van der Waals surface area contributed by atoms with E-state index in [0.717, 1.165) is 19.3 Å². The van der Waals surface area contributed by atoms with Gasteiger partial charge >= 0.3 is 0 Å². The summed E-state index contributed by atoms with van der Waals surface area (Å²) in [4.78, 5) is 38.0. The number of hydrogen-bond acceptors (Lipinski definition) is 9. The van der Waals surface area contributed by atoms with Crippen LogP contribution in [0, 0.1) is 5.92 Å². The molecule has 2 fully saturated rings. The predicted molar refractivity (Wildman–Crippen MR) is 158 cm³/mol. The zero-order chi connectivity index (χ0) is 29.9. The third kappa shape index (κ3) is 6.28. The summed E-state index contributed by atoms with van der Waals surface area (Å²) in [6.07, 6.45) is 3.07. The second kappa shape index (κ2) is 12.0. The summed E-state index contributed by atoms with van der Waals surface area (Å²) in [5.74, 6) is -0.683. The molecule has 1 saturated heterocycles. The highest BCUT2D eigenvalue weighted by molar-refractivity contribution is 7.92. The number of aromatic nitrogens is 2. The highest BCUT2D eigenvalue weighted by Gasteiger charge is 2.30. The Morgan fingerprint density at radius 3 is 2.38 bits per heavy atom. The maximum absolute atomic E-state index is 13.3. The summed E-state index contributed by atoms with van der Waals surface area (Å²) in [5, 5.41) is 19.1. The predicted octanol–water partition coefficient (Wildman–Crippen LogP) is 3.12. The first-order valence-corrected chi connectivity index (χ1v) is 15.1. The van der Waals surface area contributed by atoms with Crippen LogP contribution in [-0.4, -0.2) is 62.8 Å². The molecule has 2 heterocycles. The average molecular weight is 594 g/mol. The fourth-order valence-electron chi connectivity index (χ4n) is 4.58. The molecule has 3 amide bonds. The van der Waals surface area contributed by atoms with E-state index in [9.17, 15) is 22.8 Å². The summed E-state index contributed by atoms with van der Waals surface area (Å²) < 4.78 is 31.8.